The van der Waals surface area contributed by atoms with Crippen LogP contribution < -0.4 is 0 Å². The van der Waals surface area contributed by atoms with Crippen molar-refractivity contribution in [1.82, 2.24) is 4.90 Å². The maximum atomic E-state index is 12.7. The normalized spacial score (nSPS) is 28.8. The van der Waals surface area contributed by atoms with Crippen LogP contribution in [0.25, 0.3) is 0 Å². The number of furan rings is 1. The molecular weight excluding hydrogens is 270 g/mol. The molecule has 1 aliphatic carbocycles. The topological polar surface area (TPSA) is 33.5 Å². The summed E-state index contributed by atoms with van der Waals surface area (Å²) >= 11 is 1.71. The van der Waals surface area contributed by atoms with Crippen LogP contribution in [0.4, 0.5) is 0 Å². The van der Waals surface area contributed by atoms with E-state index in [9.17, 15) is 4.79 Å². The summed E-state index contributed by atoms with van der Waals surface area (Å²) in [5.41, 5.74) is 1.30. The first-order chi connectivity index (χ1) is 9.84. The third-order valence-corrected chi connectivity index (χ3v) is 5.18. The van der Waals surface area contributed by atoms with Gasteiger partial charge >= 0.3 is 0 Å². The number of amides is 1. The van der Waals surface area contributed by atoms with Gasteiger partial charge in [0.1, 0.15) is 5.76 Å². The van der Waals surface area contributed by atoms with Crippen LogP contribution in [-0.2, 0) is 4.79 Å². The first kappa shape index (κ1) is 12.2. The summed E-state index contributed by atoms with van der Waals surface area (Å²) in [6, 6.07) is 6.33. The maximum absolute atomic E-state index is 12.7. The molecule has 0 N–H and O–H groups in total. The Kier molecular flexibility index (Phi) is 2.91. The molecule has 1 aliphatic heterocycles. The van der Waals surface area contributed by atoms with Gasteiger partial charge in [-0.1, -0.05) is 0 Å². The largest absolute Gasteiger partial charge is 0.469 e. The molecule has 0 radical (unpaired) electrons. The van der Waals surface area contributed by atoms with Gasteiger partial charge in [-0.15, -0.1) is 0 Å². The van der Waals surface area contributed by atoms with Crippen LogP contribution >= 0.6 is 11.3 Å². The minimum Gasteiger partial charge on any atom is -0.469 e. The average molecular weight is 287 g/mol. The number of hydrogen-bond donors (Lipinski definition) is 0. The molecule has 0 spiro atoms. The number of rotatable bonds is 3. The van der Waals surface area contributed by atoms with Gasteiger partial charge in [-0.2, -0.15) is 11.3 Å². The summed E-state index contributed by atoms with van der Waals surface area (Å²) in [6.07, 6.45) is 4.85. The summed E-state index contributed by atoms with van der Waals surface area (Å²) < 4.78 is 5.43. The van der Waals surface area contributed by atoms with E-state index in [2.05, 4.69) is 21.7 Å². The SMILES string of the molecule is O=C([C@@H]1C[C@@H]1c1ccco1)N1CCC[C@H]1c1ccsc1. The van der Waals surface area contributed by atoms with Crippen molar-refractivity contribution in [3.63, 3.8) is 0 Å². The summed E-state index contributed by atoms with van der Waals surface area (Å²) in [6.45, 7) is 0.903. The second kappa shape index (κ2) is 4.77. The lowest BCUT2D eigenvalue weighted by atomic mass is 10.1. The molecule has 20 heavy (non-hydrogen) atoms. The molecule has 104 valence electrons. The van der Waals surface area contributed by atoms with Crippen molar-refractivity contribution in [2.45, 2.75) is 31.2 Å². The Morgan fingerprint density at radius 3 is 3.10 bits per heavy atom. The highest BCUT2D eigenvalue weighted by Gasteiger charge is 2.49. The van der Waals surface area contributed by atoms with Crippen LogP contribution in [0.15, 0.2) is 39.6 Å². The van der Waals surface area contributed by atoms with E-state index < -0.39 is 0 Å². The third kappa shape index (κ3) is 1.99. The molecule has 1 saturated carbocycles. The van der Waals surface area contributed by atoms with Gasteiger partial charge in [-0.25, -0.2) is 0 Å². The van der Waals surface area contributed by atoms with Crippen molar-refractivity contribution in [1.29, 1.82) is 0 Å². The van der Waals surface area contributed by atoms with Crippen molar-refractivity contribution in [3.8, 4) is 0 Å². The minimum absolute atomic E-state index is 0.139. The third-order valence-electron chi connectivity index (χ3n) is 4.48. The Labute approximate surface area is 122 Å². The molecule has 3 atom stereocenters. The maximum Gasteiger partial charge on any atom is 0.226 e. The van der Waals surface area contributed by atoms with Crippen molar-refractivity contribution < 1.29 is 9.21 Å². The first-order valence-corrected chi connectivity index (χ1v) is 8.15. The van der Waals surface area contributed by atoms with Crippen molar-refractivity contribution >= 4 is 17.2 Å². The molecule has 4 heteroatoms. The van der Waals surface area contributed by atoms with E-state index in [1.165, 1.54) is 5.56 Å². The second-order valence-corrected chi connectivity index (χ2v) is 6.49. The Balaban J connectivity index is 1.49. The standard InChI is InChI=1S/C16H17NO2S/c18-16(13-9-12(13)15-4-2-7-19-15)17-6-1-3-14(17)11-5-8-20-10-11/h2,4-5,7-8,10,12-14H,1,3,6,9H2/t12-,13+,14-/m0/s1. The molecule has 3 heterocycles. The number of nitrogens with zero attached hydrogens (tertiary/aromatic N) is 1. The van der Waals surface area contributed by atoms with Crippen LogP contribution in [0.1, 0.15) is 42.5 Å². The average Bonchev–Trinajstić information content (AvgIpc) is 2.97. The summed E-state index contributed by atoms with van der Waals surface area (Å²) in [5, 5.41) is 4.27. The Bertz CT molecular complexity index is 590. The molecule has 2 aromatic heterocycles. The fraction of sp³-hybridized carbons (Fsp3) is 0.438. The molecule has 2 aliphatic rings. The van der Waals surface area contributed by atoms with Crippen molar-refractivity contribution in [2.75, 3.05) is 6.54 Å². The fourth-order valence-corrected chi connectivity index (χ4v) is 4.05. The molecule has 1 saturated heterocycles. The van der Waals surface area contributed by atoms with Gasteiger partial charge in [-0.05, 0) is 53.8 Å². The molecule has 0 aromatic carbocycles. The van der Waals surface area contributed by atoms with E-state index in [0.717, 1.165) is 31.6 Å². The quantitative estimate of drug-likeness (QED) is 0.860. The highest BCUT2D eigenvalue weighted by molar-refractivity contribution is 7.07. The summed E-state index contributed by atoms with van der Waals surface area (Å²) in [7, 11) is 0. The Morgan fingerprint density at radius 2 is 2.35 bits per heavy atom. The molecule has 1 amide bonds. The lowest BCUT2D eigenvalue weighted by molar-refractivity contribution is -0.133. The van der Waals surface area contributed by atoms with Crippen molar-refractivity contribution in [3.05, 3.63) is 46.5 Å². The summed E-state index contributed by atoms with van der Waals surface area (Å²) in [4.78, 5) is 14.8. The van der Waals surface area contributed by atoms with Gasteiger partial charge in [0.05, 0.1) is 12.3 Å². The smallest absolute Gasteiger partial charge is 0.226 e. The molecule has 0 bridgehead atoms. The Morgan fingerprint density at radius 1 is 1.40 bits per heavy atom. The van der Waals surface area contributed by atoms with Gasteiger partial charge in [0.2, 0.25) is 5.91 Å². The van der Waals surface area contributed by atoms with E-state index in [1.54, 1.807) is 17.6 Å². The predicted octanol–water partition coefficient (Wildman–Crippen LogP) is 3.81. The molecular formula is C16H17NO2S. The number of thiophene rings is 1. The molecule has 2 fully saturated rings. The van der Waals surface area contributed by atoms with Gasteiger partial charge in [0.25, 0.3) is 0 Å². The zero-order valence-electron chi connectivity index (χ0n) is 11.2. The first-order valence-electron chi connectivity index (χ1n) is 7.20. The van der Waals surface area contributed by atoms with Gasteiger partial charge in [0, 0.05) is 18.4 Å². The predicted molar refractivity (Wildman–Crippen MR) is 77.6 cm³/mol. The van der Waals surface area contributed by atoms with E-state index in [-0.39, 0.29) is 5.92 Å². The highest BCUT2D eigenvalue weighted by Crippen LogP contribution is 2.50. The highest BCUT2D eigenvalue weighted by atomic mass is 32.1. The van der Waals surface area contributed by atoms with E-state index in [1.807, 2.05) is 12.1 Å². The van der Waals surface area contributed by atoms with Gasteiger partial charge in [0.15, 0.2) is 0 Å². The van der Waals surface area contributed by atoms with E-state index in [0.29, 0.717) is 17.9 Å². The zero-order chi connectivity index (χ0) is 13.5. The number of carbonyl (C=O) groups excluding carboxylic acids is 1. The lowest BCUT2D eigenvalue weighted by Crippen LogP contribution is -2.31. The number of likely N-dealkylation sites (tertiary alicyclic amines) is 1. The Hall–Kier alpha value is -1.55. The zero-order valence-corrected chi connectivity index (χ0v) is 12.0. The van der Waals surface area contributed by atoms with Crippen molar-refractivity contribution in [2.24, 2.45) is 5.92 Å². The number of hydrogen-bond acceptors (Lipinski definition) is 3. The molecule has 3 nitrogen and oxygen atoms in total. The van der Waals surface area contributed by atoms with E-state index in [4.69, 9.17) is 4.42 Å². The molecule has 4 rings (SSSR count). The van der Waals surface area contributed by atoms with Crippen LogP contribution in [-0.4, -0.2) is 17.4 Å². The van der Waals surface area contributed by atoms with Crippen LogP contribution in [0.3, 0.4) is 0 Å². The van der Waals surface area contributed by atoms with Crippen LogP contribution in [0.2, 0.25) is 0 Å². The van der Waals surface area contributed by atoms with E-state index >= 15 is 0 Å². The fourth-order valence-electron chi connectivity index (χ4n) is 3.34. The van der Waals surface area contributed by atoms with Crippen LogP contribution in [0.5, 0.6) is 0 Å². The van der Waals surface area contributed by atoms with Gasteiger partial charge < -0.3 is 9.32 Å². The minimum atomic E-state index is 0.139. The van der Waals surface area contributed by atoms with Gasteiger partial charge in [-0.3, -0.25) is 4.79 Å². The molecule has 0 unspecified atom stereocenters. The second-order valence-electron chi connectivity index (χ2n) is 5.71. The van der Waals surface area contributed by atoms with Crippen LogP contribution in [0, 0.1) is 5.92 Å². The summed E-state index contributed by atoms with van der Waals surface area (Å²) in [5.74, 6) is 1.73. The number of carbonyl (C=O) groups is 1. The lowest BCUT2D eigenvalue weighted by Gasteiger charge is -2.24. The molecule has 2 aromatic rings. The monoisotopic (exact) mass is 287 g/mol.